The average molecular weight is 263 g/mol. The summed E-state index contributed by atoms with van der Waals surface area (Å²) in [6.07, 6.45) is 3.88. The second kappa shape index (κ2) is 4.61. The number of imidazole rings is 1. The maximum atomic E-state index is 5.91. The van der Waals surface area contributed by atoms with E-state index in [0.29, 0.717) is 5.88 Å². The first-order valence-electron chi connectivity index (χ1n) is 6.05. The number of anilines is 1. The zero-order valence-electron chi connectivity index (χ0n) is 10.3. The predicted octanol–water partition coefficient (Wildman–Crippen LogP) is 2.35. The highest BCUT2D eigenvalue weighted by Crippen LogP contribution is 2.20. The highest BCUT2D eigenvalue weighted by Gasteiger charge is 2.18. The largest absolute Gasteiger partial charge is 0.347 e. The van der Waals surface area contributed by atoms with Crippen LogP contribution in [0.2, 0.25) is 0 Å². The van der Waals surface area contributed by atoms with Gasteiger partial charge in [-0.2, -0.15) is 0 Å². The first-order valence-corrected chi connectivity index (χ1v) is 6.58. The van der Waals surface area contributed by atoms with Crippen LogP contribution in [0.1, 0.15) is 17.1 Å². The molecule has 5 heteroatoms. The molecule has 2 aromatic rings. The Bertz CT molecular complexity index is 564. The topological polar surface area (TPSA) is 34.0 Å². The molecular weight excluding hydrogens is 248 g/mol. The Morgan fingerprint density at radius 1 is 1.33 bits per heavy atom. The van der Waals surface area contributed by atoms with Crippen molar-refractivity contribution in [1.82, 2.24) is 14.5 Å². The van der Waals surface area contributed by atoms with Gasteiger partial charge in [-0.25, -0.2) is 9.97 Å². The van der Waals surface area contributed by atoms with Crippen molar-refractivity contribution < 1.29 is 0 Å². The molecule has 0 atom stereocenters. The third-order valence-corrected chi connectivity index (χ3v) is 3.53. The second-order valence-corrected chi connectivity index (χ2v) is 4.83. The molecule has 0 fully saturated rings. The zero-order valence-corrected chi connectivity index (χ0v) is 11.1. The van der Waals surface area contributed by atoms with Gasteiger partial charge in [-0.15, -0.1) is 11.6 Å². The van der Waals surface area contributed by atoms with Gasteiger partial charge in [-0.05, 0) is 24.6 Å². The lowest BCUT2D eigenvalue weighted by Crippen LogP contribution is -2.34. The summed E-state index contributed by atoms with van der Waals surface area (Å²) in [5.74, 6) is 2.62. The molecule has 0 saturated heterocycles. The van der Waals surface area contributed by atoms with Gasteiger partial charge in [-0.1, -0.05) is 0 Å². The number of hydrogen-bond donors (Lipinski definition) is 0. The molecule has 18 heavy (non-hydrogen) atoms. The Labute approximate surface area is 111 Å². The lowest BCUT2D eigenvalue weighted by atomic mass is 10.2. The van der Waals surface area contributed by atoms with E-state index in [-0.39, 0.29) is 0 Å². The number of aromatic nitrogens is 3. The number of fused-ring (bicyclic) bond motifs is 1. The minimum absolute atomic E-state index is 0.527. The lowest BCUT2D eigenvalue weighted by Gasteiger charge is -2.29. The number of halogens is 1. The maximum absolute atomic E-state index is 5.91. The van der Waals surface area contributed by atoms with E-state index in [2.05, 4.69) is 25.5 Å². The Balaban J connectivity index is 1.90. The summed E-state index contributed by atoms with van der Waals surface area (Å²) in [7, 11) is 0. The van der Waals surface area contributed by atoms with Crippen molar-refractivity contribution in [3.63, 3.8) is 0 Å². The predicted molar refractivity (Wildman–Crippen MR) is 71.8 cm³/mol. The van der Waals surface area contributed by atoms with Crippen molar-refractivity contribution in [3.8, 4) is 0 Å². The van der Waals surface area contributed by atoms with Crippen molar-refractivity contribution >= 4 is 17.4 Å². The van der Waals surface area contributed by atoms with E-state index in [0.717, 1.165) is 42.5 Å². The van der Waals surface area contributed by atoms with E-state index in [1.807, 2.05) is 25.4 Å². The van der Waals surface area contributed by atoms with Crippen molar-refractivity contribution in [3.05, 3.63) is 41.6 Å². The fourth-order valence-corrected chi connectivity index (χ4v) is 2.48. The summed E-state index contributed by atoms with van der Waals surface area (Å²) in [6, 6.07) is 4.10. The molecule has 0 radical (unpaired) electrons. The highest BCUT2D eigenvalue weighted by molar-refractivity contribution is 6.17. The van der Waals surface area contributed by atoms with Crippen molar-refractivity contribution in [2.24, 2.45) is 0 Å². The maximum Gasteiger partial charge on any atom is 0.129 e. The molecular formula is C13H15ClN4. The van der Waals surface area contributed by atoms with Gasteiger partial charge in [0.1, 0.15) is 11.6 Å². The summed E-state index contributed by atoms with van der Waals surface area (Å²) in [5.41, 5.74) is 2.13. The van der Waals surface area contributed by atoms with Crippen molar-refractivity contribution in [2.45, 2.75) is 25.9 Å². The second-order valence-electron chi connectivity index (χ2n) is 4.57. The van der Waals surface area contributed by atoms with Crippen LogP contribution in [0.5, 0.6) is 0 Å². The van der Waals surface area contributed by atoms with Crippen LogP contribution < -0.4 is 4.90 Å². The molecule has 1 aliphatic rings. The van der Waals surface area contributed by atoms with Crippen molar-refractivity contribution in [1.29, 1.82) is 0 Å². The molecule has 0 aliphatic carbocycles. The molecule has 0 saturated carbocycles. The number of pyridine rings is 1. The third kappa shape index (κ3) is 2.08. The van der Waals surface area contributed by atoms with E-state index in [1.165, 1.54) is 0 Å². The number of hydrogen-bond acceptors (Lipinski definition) is 3. The fraction of sp³-hybridized carbons (Fsp3) is 0.385. The standard InChI is InChI=1S/C13H15ClN4/c1-10-6-11(8-14)7-12(16-10)18-5-4-17-3-2-15-13(17)9-18/h2-3,6-7H,4-5,8-9H2,1H3. The van der Waals surface area contributed by atoms with Gasteiger partial charge in [-0.3, -0.25) is 0 Å². The van der Waals surface area contributed by atoms with Crippen LogP contribution in [0.3, 0.4) is 0 Å². The first kappa shape index (κ1) is 11.5. The Morgan fingerprint density at radius 3 is 3.06 bits per heavy atom. The monoisotopic (exact) mass is 262 g/mol. The number of aryl methyl sites for hydroxylation is 1. The Hall–Kier alpha value is -1.55. The van der Waals surface area contributed by atoms with Crippen LogP contribution in [-0.2, 0) is 19.0 Å². The Kier molecular flexibility index (Phi) is 2.96. The van der Waals surface area contributed by atoms with Gasteiger partial charge in [0.25, 0.3) is 0 Å². The van der Waals surface area contributed by atoms with Gasteiger partial charge >= 0.3 is 0 Å². The molecule has 1 aliphatic heterocycles. The summed E-state index contributed by atoms with van der Waals surface area (Å²) < 4.78 is 2.19. The average Bonchev–Trinajstić information content (AvgIpc) is 2.85. The van der Waals surface area contributed by atoms with Crippen LogP contribution in [0.25, 0.3) is 0 Å². The summed E-state index contributed by atoms with van der Waals surface area (Å²) in [4.78, 5) is 11.2. The molecule has 94 valence electrons. The summed E-state index contributed by atoms with van der Waals surface area (Å²) in [6.45, 7) is 4.73. The molecule has 0 bridgehead atoms. The molecule has 2 aromatic heterocycles. The summed E-state index contributed by atoms with van der Waals surface area (Å²) >= 11 is 5.91. The van der Waals surface area contributed by atoms with Crippen LogP contribution >= 0.6 is 11.6 Å². The fourth-order valence-electron chi connectivity index (χ4n) is 2.33. The highest BCUT2D eigenvalue weighted by atomic mass is 35.5. The smallest absolute Gasteiger partial charge is 0.129 e. The van der Waals surface area contributed by atoms with Gasteiger partial charge in [0.15, 0.2) is 0 Å². The minimum Gasteiger partial charge on any atom is -0.347 e. The van der Waals surface area contributed by atoms with Crippen LogP contribution in [0, 0.1) is 6.92 Å². The number of nitrogens with zero attached hydrogens (tertiary/aromatic N) is 4. The van der Waals surface area contributed by atoms with Gasteiger partial charge in [0.2, 0.25) is 0 Å². The van der Waals surface area contributed by atoms with Gasteiger partial charge in [0, 0.05) is 37.1 Å². The van der Waals surface area contributed by atoms with Gasteiger partial charge < -0.3 is 9.47 Å². The quantitative estimate of drug-likeness (QED) is 0.779. The summed E-state index contributed by atoms with van der Waals surface area (Å²) in [5, 5.41) is 0. The molecule has 0 unspecified atom stereocenters. The van der Waals surface area contributed by atoms with Crippen molar-refractivity contribution in [2.75, 3.05) is 11.4 Å². The van der Waals surface area contributed by atoms with E-state index in [4.69, 9.17) is 11.6 Å². The van der Waals surface area contributed by atoms with Crippen LogP contribution in [0.4, 0.5) is 5.82 Å². The SMILES string of the molecule is Cc1cc(CCl)cc(N2CCn3ccnc3C2)n1. The van der Waals surface area contributed by atoms with Crippen LogP contribution in [0.15, 0.2) is 24.5 Å². The van der Waals surface area contributed by atoms with Crippen LogP contribution in [-0.4, -0.2) is 21.1 Å². The molecule has 3 heterocycles. The lowest BCUT2D eigenvalue weighted by molar-refractivity contribution is 0.556. The molecule has 0 N–H and O–H groups in total. The number of rotatable bonds is 2. The Morgan fingerprint density at radius 2 is 2.22 bits per heavy atom. The molecule has 0 amide bonds. The van der Waals surface area contributed by atoms with Gasteiger partial charge in [0.05, 0.1) is 6.54 Å². The number of alkyl halides is 1. The van der Waals surface area contributed by atoms with E-state index in [1.54, 1.807) is 0 Å². The third-order valence-electron chi connectivity index (χ3n) is 3.22. The molecule has 0 spiro atoms. The minimum atomic E-state index is 0.527. The molecule has 3 rings (SSSR count). The molecule has 0 aromatic carbocycles. The normalized spacial score (nSPS) is 14.7. The van der Waals surface area contributed by atoms with E-state index < -0.39 is 0 Å². The van der Waals surface area contributed by atoms with E-state index >= 15 is 0 Å². The first-order chi connectivity index (χ1) is 8.76. The van der Waals surface area contributed by atoms with E-state index in [9.17, 15) is 0 Å². The molecule has 4 nitrogen and oxygen atoms in total. The zero-order chi connectivity index (χ0) is 12.5.